The molecule has 138 valence electrons. The van der Waals surface area contributed by atoms with Crippen molar-refractivity contribution in [1.29, 1.82) is 0 Å². The van der Waals surface area contributed by atoms with Crippen LogP contribution in [0.2, 0.25) is 0 Å². The van der Waals surface area contributed by atoms with Crippen molar-refractivity contribution in [3.8, 4) is 0 Å². The maximum atomic E-state index is 12.7. The lowest BCUT2D eigenvalue weighted by Crippen LogP contribution is -2.30. The highest BCUT2D eigenvalue weighted by atomic mass is 32.1. The van der Waals surface area contributed by atoms with Crippen molar-refractivity contribution >= 4 is 23.2 Å². The van der Waals surface area contributed by atoms with E-state index in [1.54, 1.807) is 7.11 Å². The van der Waals surface area contributed by atoms with Crippen molar-refractivity contribution < 1.29 is 14.3 Å². The molecule has 1 aliphatic heterocycles. The summed E-state index contributed by atoms with van der Waals surface area (Å²) in [7, 11) is 1.64. The van der Waals surface area contributed by atoms with Gasteiger partial charge in [0, 0.05) is 44.1 Å². The monoisotopic (exact) mass is 374 g/mol. The number of hydrogen-bond donors (Lipinski definition) is 1. The molecule has 3 rings (SSSR count). The quantitative estimate of drug-likeness (QED) is 0.752. The Kier molecular flexibility index (Phi) is 6.30. The molecule has 8 heteroatoms. The topological polar surface area (TPSA) is 84.4 Å². The van der Waals surface area contributed by atoms with Gasteiger partial charge >= 0.3 is 0 Å². The molecule has 0 radical (unpaired) electrons. The fourth-order valence-electron chi connectivity index (χ4n) is 3.04. The first-order valence-corrected chi connectivity index (χ1v) is 9.45. The number of methoxy groups -OCH3 is 1. The second-order valence-corrected chi connectivity index (χ2v) is 7.20. The average molecular weight is 374 g/mol. The minimum absolute atomic E-state index is 0.00254. The Labute approximate surface area is 156 Å². The summed E-state index contributed by atoms with van der Waals surface area (Å²) in [6.45, 7) is 1.91. The van der Waals surface area contributed by atoms with Gasteiger partial charge < -0.3 is 15.0 Å². The second-order valence-electron chi connectivity index (χ2n) is 6.09. The largest absolute Gasteiger partial charge is 0.385 e. The van der Waals surface area contributed by atoms with Crippen LogP contribution in [0.5, 0.6) is 0 Å². The minimum Gasteiger partial charge on any atom is -0.385 e. The van der Waals surface area contributed by atoms with Gasteiger partial charge in [-0.2, -0.15) is 0 Å². The lowest BCUT2D eigenvalue weighted by molar-refractivity contribution is 0.0736. The standard InChI is InChI=1S/C18H22N4O3S/c1-25-9-3-7-21-17(23)16-6-5-15(26-16)14-4-2-8-22(14)18(24)13-10-19-12-20-11-13/h5-6,10-12,14H,2-4,7-9H2,1H3,(H,21,23). The molecular formula is C18H22N4O3S. The molecule has 1 unspecified atom stereocenters. The van der Waals surface area contributed by atoms with E-state index >= 15 is 0 Å². The zero-order valence-electron chi connectivity index (χ0n) is 14.7. The summed E-state index contributed by atoms with van der Waals surface area (Å²) in [5.74, 6) is -0.142. The van der Waals surface area contributed by atoms with Gasteiger partial charge in [-0.15, -0.1) is 11.3 Å². The van der Waals surface area contributed by atoms with Crippen molar-refractivity contribution in [2.45, 2.75) is 25.3 Å². The predicted octanol–water partition coefficient (Wildman–Crippen LogP) is 2.28. The van der Waals surface area contributed by atoms with E-state index in [9.17, 15) is 9.59 Å². The summed E-state index contributed by atoms with van der Waals surface area (Å²) < 4.78 is 4.98. The molecule has 0 bridgehead atoms. The van der Waals surface area contributed by atoms with Crippen molar-refractivity contribution in [2.75, 3.05) is 26.8 Å². The van der Waals surface area contributed by atoms with Gasteiger partial charge in [0.1, 0.15) is 6.33 Å². The molecule has 0 saturated carbocycles. The summed E-state index contributed by atoms with van der Waals surface area (Å²) in [6.07, 6.45) is 7.12. The summed E-state index contributed by atoms with van der Waals surface area (Å²) in [4.78, 5) is 36.4. The third-order valence-electron chi connectivity index (χ3n) is 4.31. The summed E-state index contributed by atoms with van der Waals surface area (Å²) in [6, 6.07) is 3.79. The summed E-state index contributed by atoms with van der Waals surface area (Å²) >= 11 is 1.45. The van der Waals surface area contributed by atoms with Crippen molar-refractivity contribution in [3.63, 3.8) is 0 Å². The first-order chi connectivity index (χ1) is 12.7. The van der Waals surface area contributed by atoms with Crippen LogP contribution in [0.1, 0.15) is 50.2 Å². The maximum absolute atomic E-state index is 12.7. The Bertz CT molecular complexity index is 750. The van der Waals surface area contributed by atoms with Gasteiger partial charge in [0.15, 0.2) is 0 Å². The number of aromatic nitrogens is 2. The van der Waals surface area contributed by atoms with Gasteiger partial charge in [0.25, 0.3) is 11.8 Å². The van der Waals surface area contributed by atoms with E-state index in [0.717, 1.165) is 24.1 Å². The molecule has 0 spiro atoms. The molecule has 1 fully saturated rings. The number of amides is 2. The molecule has 3 heterocycles. The lowest BCUT2D eigenvalue weighted by Gasteiger charge is -2.23. The number of likely N-dealkylation sites (tertiary alicyclic amines) is 1. The van der Waals surface area contributed by atoms with E-state index in [-0.39, 0.29) is 17.9 Å². The van der Waals surface area contributed by atoms with E-state index in [2.05, 4.69) is 15.3 Å². The molecule has 2 aromatic heterocycles. The second kappa shape index (κ2) is 8.86. The predicted molar refractivity (Wildman–Crippen MR) is 98.2 cm³/mol. The van der Waals surface area contributed by atoms with Crippen molar-refractivity contribution in [2.24, 2.45) is 0 Å². The van der Waals surface area contributed by atoms with E-state index < -0.39 is 0 Å². The van der Waals surface area contributed by atoms with Crippen LogP contribution < -0.4 is 5.32 Å². The Balaban J connectivity index is 1.66. The minimum atomic E-state index is -0.0790. The number of carbonyl (C=O) groups excluding carboxylic acids is 2. The van der Waals surface area contributed by atoms with Gasteiger partial charge in [-0.25, -0.2) is 9.97 Å². The van der Waals surface area contributed by atoms with E-state index in [1.807, 2.05) is 17.0 Å². The van der Waals surface area contributed by atoms with Gasteiger partial charge in [-0.05, 0) is 31.4 Å². The number of rotatable bonds is 7. The van der Waals surface area contributed by atoms with Crippen molar-refractivity contribution in [1.82, 2.24) is 20.2 Å². The molecule has 1 saturated heterocycles. The smallest absolute Gasteiger partial charge is 0.261 e. The zero-order chi connectivity index (χ0) is 18.4. The fraction of sp³-hybridized carbons (Fsp3) is 0.444. The normalized spacial score (nSPS) is 16.7. The molecular weight excluding hydrogens is 352 g/mol. The van der Waals surface area contributed by atoms with Gasteiger partial charge in [-0.3, -0.25) is 9.59 Å². The number of hydrogen-bond acceptors (Lipinski definition) is 6. The molecule has 2 aromatic rings. The van der Waals surface area contributed by atoms with Crippen LogP contribution in [-0.2, 0) is 4.74 Å². The third kappa shape index (κ3) is 4.25. The first-order valence-electron chi connectivity index (χ1n) is 8.63. The number of carbonyl (C=O) groups is 2. The van der Waals surface area contributed by atoms with E-state index in [0.29, 0.717) is 30.1 Å². The van der Waals surface area contributed by atoms with E-state index in [4.69, 9.17) is 4.74 Å². The van der Waals surface area contributed by atoms with Crippen LogP contribution in [0.3, 0.4) is 0 Å². The number of nitrogens with one attached hydrogen (secondary N) is 1. The average Bonchev–Trinajstić information content (AvgIpc) is 3.34. The van der Waals surface area contributed by atoms with Crippen LogP contribution in [0.15, 0.2) is 30.9 Å². The van der Waals surface area contributed by atoms with Crippen LogP contribution >= 0.6 is 11.3 Å². The van der Waals surface area contributed by atoms with Crippen LogP contribution in [-0.4, -0.2) is 53.5 Å². The Hall–Kier alpha value is -2.32. The van der Waals surface area contributed by atoms with Gasteiger partial charge in [0.05, 0.1) is 16.5 Å². The maximum Gasteiger partial charge on any atom is 0.261 e. The fourth-order valence-corrected chi connectivity index (χ4v) is 4.11. The van der Waals surface area contributed by atoms with Crippen LogP contribution in [0.25, 0.3) is 0 Å². The number of nitrogens with zero attached hydrogens (tertiary/aromatic N) is 3. The highest BCUT2D eigenvalue weighted by molar-refractivity contribution is 7.14. The lowest BCUT2D eigenvalue weighted by atomic mass is 10.1. The summed E-state index contributed by atoms with van der Waals surface area (Å²) in [5, 5.41) is 2.89. The third-order valence-corrected chi connectivity index (χ3v) is 5.50. The van der Waals surface area contributed by atoms with Crippen LogP contribution in [0, 0.1) is 0 Å². The van der Waals surface area contributed by atoms with Gasteiger partial charge in [-0.1, -0.05) is 0 Å². The van der Waals surface area contributed by atoms with Crippen molar-refractivity contribution in [3.05, 3.63) is 46.2 Å². The number of ether oxygens (including phenoxy) is 1. The zero-order valence-corrected chi connectivity index (χ0v) is 15.5. The summed E-state index contributed by atoms with van der Waals surface area (Å²) in [5.41, 5.74) is 0.493. The molecule has 1 N–H and O–H groups in total. The molecule has 1 atom stereocenters. The highest BCUT2D eigenvalue weighted by Gasteiger charge is 2.32. The molecule has 7 nitrogen and oxygen atoms in total. The Morgan fingerprint density at radius 2 is 2.15 bits per heavy atom. The molecule has 26 heavy (non-hydrogen) atoms. The molecule has 0 aromatic carbocycles. The first kappa shape index (κ1) is 18.5. The molecule has 2 amide bonds. The molecule has 0 aliphatic carbocycles. The Morgan fingerprint density at radius 1 is 1.35 bits per heavy atom. The van der Waals surface area contributed by atoms with Gasteiger partial charge in [0.2, 0.25) is 0 Å². The van der Waals surface area contributed by atoms with E-state index in [1.165, 1.54) is 30.1 Å². The molecule has 1 aliphatic rings. The van der Waals surface area contributed by atoms with Crippen LogP contribution in [0.4, 0.5) is 0 Å². The highest BCUT2D eigenvalue weighted by Crippen LogP contribution is 2.36. The Morgan fingerprint density at radius 3 is 2.92 bits per heavy atom. The SMILES string of the molecule is COCCCNC(=O)c1ccc(C2CCCN2C(=O)c2cncnc2)s1. The number of thiophene rings is 1.